The zero-order valence-corrected chi connectivity index (χ0v) is 10.4. The van der Waals surface area contributed by atoms with E-state index < -0.39 is 0 Å². The van der Waals surface area contributed by atoms with Crippen molar-refractivity contribution in [3.8, 4) is 6.07 Å². The van der Waals surface area contributed by atoms with Crippen LogP contribution in [0.1, 0.15) is 18.1 Å². The fraction of sp³-hybridized carbons (Fsp3) is 0.308. The molecule has 0 spiro atoms. The van der Waals surface area contributed by atoms with Crippen molar-refractivity contribution in [3.05, 3.63) is 29.3 Å². The van der Waals surface area contributed by atoms with Gasteiger partial charge in [-0.15, -0.1) is 0 Å². The maximum atomic E-state index is 8.76. The van der Waals surface area contributed by atoms with Gasteiger partial charge in [-0.3, -0.25) is 4.99 Å². The Bertz CT molecular complexity index is 471. The third kappa shape index (κ3) is 3.42. The van der Waals surface area contributed by atoms with Crippen LogP contribution in [0.15, 0.2) is 28.2 Å². The van der Waals surface area contributed by atoms with Crippen LogP contribution in [0, 0.1) is 18.3 Å². The summed E-state index contributed by atoms with van der Waals surface area (Å²) < 4.78 is 0. The Kier molecular flexibility index (Phi) is 4.41. The first kappa shape index (κ1) is 12.9. The number of rotatable bonds is 4. The van der Waals surface area contributed by atoms with Crippen LogP contribution in [0.2, 0.25) is 0 Å². The highest BCUT2D eigenvalue weighted by molar-refractivity contribution is 5.63. The smallest absolute Gasteiger partial charge is 0.117 e. The molecule has 1 aromatic rings. The van der Waals surface area contributed by atoms with E-state index in [-0.39, 0.29) is 6.17 Å². The molecule has 0 fully saturated rings. The number of hydrogen-bond donors (Lipinski definition) is 0. The van der Waals surface area contributed by atoms with Crippen LogP contribution in [0.3, 0.4) is 0 Å². The molecule has 0 radical (unpaired) electrons. The molecule has 1 aromatic carbocycles. The van der Waals surface area contributed by atoms with Gasteiger partial charge in [0.25, 0.3) is 0 Å². The molecule has 4 heteroatoms. The third-order valence-corrected chi connectivity index (χ3v) is 2.56. The largest absolute Gasteiger partial charge is 0.344 e. The van der Waals surface area contributed by atoms with Crippen LogP contribution < -0.4 is 0 Å². The Hall–Kier alpha value is -2.15. The molecule has 0 N–H and O–H groups in total. The molecule has 0 heterocycles. The second kappa shape index (κ2) is 5.80. The van der Waals surface area contributed by atoms with Crippen LogP contribution in [0.25, 0.3) is 0 Å². The number of hydrogen-bond acceptors (Lipinski definition) is 3. The van der Waals surface area contributed by atoms with E-state index in [1.807, 2.05) is 37.9 Å². The summed E-state index contributed by atoms with van der Waals surface area (Å²) in [6, 6.07) is 7.52. The average molecular weight is 228 g/mol. The highest BCUT2D eigenvalue weighted by atomic mass is 15.2. The maximum absolute atomic E-state index is 8.76. The van der Waals surface area contributed by atoms with Gasteiger partial charge in [0, 0.05) is 7.05 Å². The van der Waals surface area contributed by atoms with Crippen molar-refractivity contribution in [2.45, 2.75) is 20.0 Å². The molecule has 0 aromatic heterocycles. The predicted molar refractivity (Wildman–Crippen MR) is 70.8 cm³/mol. The summed E-state index contributed by atoms with van der Waals surface area (Å²) in [6.07, 6.45) is 1.71. The van der Waals surface area contributed by atoms with Gasteiger partial charge < -0.3 is 4.90 Å². The van der Waals surface area contributed by atoms with Crippen LogP contribution >= 0.6 is 0 Å². The van der Waals surface area contributed by atoms with E-state index >= 15 is 0 Å². The van der Waals surface area contributed by atoms with E-state index in [1.165, 1.54) is 0 Å². The molecule has 0 aliphatic carbocycles. The van der Waals surface area contributed by atoms with Gasteiger partial charge in [-0.05, 0) is 44.3 Å². The Morgan fingerprint density at radius 2 is 2.24 bits per heavy atom. The van der Waals surface area contributed by atoms with Gasteiger partial charge in [-0.25, -0.2) is 4.99 Å². The number of aliphatic imine (C=N–C) groups is 2. The Morgan fingerprint density at radius 1 is 1.53 bits per heavy atom. The quantitative estimate of drug-likeness (QED) is 0.587. The second-order valence-electron chi connectivity index (χ2n) is 3.84. The summed E-state index contributed by atoms with van der Waals surface area (Å²) >= 11 is 0. The Balaban J connectivity index is 2.86. The van der Waals surface area contributed by atoms with Gasteiger partial charge in [0.15, 0.2) is 0 Å². The molecule has 4 nitrogen and oxygen atoms in total. The minimum absolute atomic E-state index is 0.00237. The van der Waals surface area contributed by atoms with E-state index in [9.17, 15) is 0 Å². The first-order chi connectivity index (χ1) is 8.08. The van der Waals surface area contributed by atoms with Gasteiger partial charge in [0.05, 0.1) is 23.7 Å². The maximum Gasteiger partial charge on any atom is 0.117 e. The first-order valence-electron chi connectivity index (χ1n) is 5.31. The van der Waals surface area contributed by atoms with Gasteiger partial charge in [-0.1, -0.05) is 0 Å². The first-order valence-corrected chi connectivity index (χ1v) is 5.31. The minimum atomic E-state index is -0.00237. The third-order valence-electron chi connectivity index (χ3n) is 2.56. The standard InChI is InChI=1S/C13H16N4/c1-10-7-12(8-14)5-6-13(10)16-9-17(4)11(2)15-3/h5-7,9,11H,3H2,1-2,4H3. The number of aryl methyl sites for hydroxylation is 1. The van der Waals surface area contributed by atoms with E-state index in [0.717, 1.165) is 11.3 Å². The second-order valence-corrected chi connectivity index (χ2v) is 3.84. The summed E-state index contributed by atoms with van der Waals surface area (Å²) in [7, 11) is 1.89. The molecule has 0 bridgehead atoms. The molecule has 1 unspecified atom stereocenters. The van der Waals surface area contributed by atoms with Crippen LogP contribution in [-0.2, 0) is 0 Å². The summed E-state index contributed by atoms with van der Waals surface area (Å²) in [5, 5.41) is 8.76. The van der Waals surface area contributed by atoms with Crippen molar-refractivity contribution < 1.29 is 0 Å². The van der Waals surface area contributed by atoms with Crippen LogP contribution in [0.4, 0.5) is 5.69 Å². The lowest BCUT2D eigenvalue weighted by Crippen LogP contribution is -2.25. The van der Waals surface area contributed by atoms with Crippen LogP contribution in [0.5, 0.6) is 0 Å². The van der Waals surface area contributed by atoms with Gasteiger partial charge in [0.2, 0.25) is 0 Å². The van der Waals surface area contributed by atoms with Crippen molar-refractivity contribution in [1.82, 2.24) is 4.90 Å². The molecule has 1 atom stereocenters. The van der Waals surface area contributed by atoms with E-state index in [1.54, 1.807) is 12.4 Å². The van der Waals surface area contributed by atoms with Crippen molar-refractivity contribution >= 4 is 18.7 Å². The molecule has 88 valence electrons. The number of nitrogens with zero attached hydrogens (tertiary/aromatic N) is 4. The van der Waals surface area contributed by atoms with Crippen LogP contribution in [-0.4, -0.2) is 31.2 Å². The predicted octanol–water partition coefficient (Wildman–Crippen LogP) is 2.50. The van der Waals surface area contributed by atoms with Gasteiger partial charge >= 0.3 is 0 Å². The summed E-state index contributed by atoms with van der Waals surface area (Å²) in [6.45, 7) is 7.36. The Labute approximate surface area is 102 Å². The Morgan fingerprint density at radius 3 is 2.76 bits per heavy atom. The topological polar surface area (TPSA) is 51.8 Å². The molecule has 0 saturated heterocycles. The molecule has 17 heavy (non-hydrogen) atoms. The van der Waals surface area contributed by atoms with Crippen molar-refractivity contribution in [1.29, 1.82) is 5.26 Å². The van der Waals surface area contributed by atoms with Gasteiger partial charge in [0.1, 0.15) is 6.17 Å². The lowest BCUT2D eigenvalue weighted by molar-refractivity contribution is 0.417. The average Bonchev–Trinajstić information content (AvgIpc) is 2.35. The molecular weight excluding hydrogens is 212 g/mol. The highest BCUT2D eigenvalue weighted by Gasteiger charge is 2.01. The van der Waals surface area contributed by atoms with Crippen molar-refractivity contribution in [2.24, 2.45) is 9.98 Å². The summed E-state index contributed by atoms with van der Waals surface area (Å²) in [5.74, 6) is 0. The molecule has 0 aliphatic heterocycles. The normalized spacial score (nSPS) is 12.1. The van der Waals surface area contributed by atoms with Crippen molar-refractivity contribution in [2.75, 3.05) is 7.05 Å². The number of nitriles is 1. The molecule has 0 aliphatic rings. The van der Waals surface area contributed by atoms with Crippen molar-refractivity contribution in [3.63, 3.8) is 0 Å². The molecule has 0 saturated carbocycles. The molecule has 1 rings (SSSR count). The molecular formula is C13H16N4. The molecule has 0 amide bonds. The SMILES string of the molecule is C=NC(C)N(C)C=Nc1ccc(C#N)cc1C. The lowest BCUT2D eigenvalue weighted by atomic mass is 10.1. The summed E-state index contributed by atoms with van der Waals surface area (Å²) in [4.78, 5) is 10.1. The lowest BCUT2D eigenvalue weighted by Gasteiger charge is -2.17. The summed E-state index contributed by atoms with van der Waals surface area (Å²) in [5.41, 5.74) is 2.48. The van der Waals surface area contributed by atoms with Gasteiger partial charge in [-0.2, -0.15) is 5.26 Å². The van der Waals surface area contributed by atoms with E-state index in [2.05, 4.69) is 22.8 Å². The fourth-order valence-electron chi connectivity index (χ4n) is 1.25. The number of benzene rings is 1. The monoisotopic (exact) mass is 228 g/mol. The van der Waals surface area contributed by atoms with E-state index in [4.69, 9.17) is 5.26 Å². The fourth-order valence-corrected chi connectivity index (χ4v) is 1.25. The van der Waals surface area contributed by atoms with E-state index in [0.29, 0.717) is 5.56 Å². The zero-order chi connectivity index (χ0) is 12.8. The minimum Gasteiger partial charge on any atom is -0.344 e. The highest BCUT2D eigenvalue weighted by Crippen LogP contribution is 2.19. The zero-order valence-electron chi connectivity index (χ0n) is 10.4.